The first kappa shape index (κ1) is 23.9. The average Bonchev–Trinajstić information content (AvgIpc) is 2.56. The maximum atomic E-state index is 13.2. The Morgan fingerprint density at radius 1 is 1.11 bits per heavy atom. The predicted octanol–water partition coefficient (Wildman–Crippen LogP) is 3.53. The van der Waals surface area contributed by atoms with Crippen molar-refractivity contribution in [3.8, 4) is 0 Å². The van der Waals surface area contributed by atoms with Crippen molar-refractivity contribution >= 4 is 11.8 Å². The zero-order valence-electron chi connectivity index (χ0n) is 19.1. The van der Waals surface area contributed by atoms with Gasteiger partial charge in [0, 0.05) is 19.6 Å². The van der Waals surface area contributed by atoms with E-state index in [1.165, 1.54) is 0 Å². The predicted molar refractivity (Wildman–Crippen MR) is 113 cm³/mol. The molecule has 27 heavy (non-hydrogen) atoms. The van der Waals surface area contributed by atoms with Gasteiger partial charge in [-0.15, -0.1) is 0 Å². The third kappa shape index (κ3) is 6.78. The van der Waals surface area contributed by atoms with E-state index in [1.54, 1.807) is 4.90 Å². The van der Waals surface area contributed by atoms with E-state index >= 15 is 0 Å². The Labute approximate surface area is 167 Å². The smallest absolute Gasteiger partial charge is 0.245 e. The highest BCUT2D eigenvalue weighted by molar-refractivity contribution is 5.90. The number of nitrogens with one attached hydrogen (secondary N) is 1. The number of rotatable bonds is 7. The molecule has 1 heterocycles. The van der Waals surface area contributed by atoms with Crippen LogP contribution in [0.1, 0.15) is 74.7 Å². The largest absolute Gasteiger partial charge is 0.344 e. The van der Waals surface area contributed by atoms with Crippen molar-refractivity contribution in [1.82, 2.24) is 15.1 Å². The summed E-state index contributed by atoms with van der Waals surface area (Å²) >= 11 is 0. The van der Waals surface area contributed by atoms with Crippen molar-refractivity contribution in [2.75, 3.05) is 20.1 Å². The summed E-state index contributed by atoms with van der Waals surface area (Å²) in [5, 5.41) is 3.13. The minimum Gasteiger partial charge on any atom is -0.344 e. The standard InChI is InChI=1S/C22H43N3O2/c1-15(2)14-24(9)21(27)19(22(6,7)8)23-20(26)18-12-10-11-13-25(18)17(5)16(3)4/h15-19H,10-14H2,1-9H3,(H,23,26). The Balaban J connectivity index is 2.96. The van der Waals surface area contributed by atoms with Crippen LogP contribution in [0, 0.1) is 17.3 Å². The fourth-order valence-corrected chi connectivity index (χ4v) is 3.85. The first-order valence-electron chi connectivity index (χ1n) is 10.7. The van der Waals surface area contributed by atoms with E-state index in [1.807, 2.05) is 27.8 Å². The molecule has 0 spiro atoms. The van der Waals surface area contributed by atoms with Gasteiger partial charge in [-0.25, -0.2) is 0 Å². The molecule has 2 amide bonds. The molecule has 0 aliphatic carbocycles. The van der Waals surface area contributed by atoms with E-state index < -0.39 is 6.04 Å². The lowest BCUT2D eigenvalue weighted by Gasteiger charge is -2.42. The van der Waals surface area contributed by atoms with Gasteiger partial charge in [0.15, 0.2) is 0 Å². The molecule has 0 aromatic carbocycles. The summed E-state index contributed by atoms with van der Waals surface area (Å²) in [5.74, 6) is 0.906. The van der Waals surface area contributed by atoms with Gasteiger partial charge in [-0.05, 0) is 43.6 Å². The van der Waals surface area contributed by atoms with Gasteiger partial charge in [0.05, 0.1) is 6.04 Å². The van der Waals surface area contributed by atoms with Crippen molar-refractivity contribution in [3.05, 3.63) is 0 Å². The van der Waals surface area contributed by atoms with Gasteiger partial charge >= 0.3 is 0 Å². The molecule has 1 rings (SSSR count). The van der Waals surface area contributed by atoms with Crippen LogP contribution in [0.3, 0.4) is 0 Å². The molecule has 1 aliphatic rings. The maximum Gasteiger partial charge on any atom is 0.245 e. The van der Waals surface area contributed by atoms with Crippen LogP contribution in [-0.2, 0) is 9.59 Å². The van der Waals surface area contributed by atoms with E-state index in [0.29, 0.717) is 24.4 Å². The molecule has 0 aromatic rings. The fourth-order valence-electron chi connectivity index (χ4n) is 3.85. The lowest BCUT2D eigenvalue weighted by molar-refractivity contribution is -0.141. The minimum absolute atomic E-state index is 0.00353. The molecular formula is C22H43N3O2. The van der Waals surface area contributed by atoms with Crippen molar-refractivity contribution in [2.45, 2.75) is 92.8 Å². The number of hydrogen-bond donors (Lipinski definition) is 1. The maximum absolute atomic E-state index is 13.2. The fraction of sp³-hybridized carbons (Fsp3) is 0.909. The number of piperidine rings is 1. The van der Waals surface area contributed by atoms with Crippen LogP contribution in [0.4, 0.5) is 0 Å². The summed E-state index contributed by atoms with van der Waals surface area (Å²) in [5.41, 5.74) is -0.332. The highest BCUT2D eigenvalue weighted by atomic mass is 16.2. The van der Waals surface area contributed by atoms with Crippen molar-refractivity contribution in [3.63, 3.8) is 0 Å². The normalized spacial score (nSPS) is 21.2. The second-order valence-electron chi connectivity index (χ2n) is 10.2. The molecule has 1 aliphatic heterocycles. The van der Waals surface area contributed by atoms with Crippen LogP contribution in [0.5, 0.6) is 0 Å². The van der Waals surface area contributed by atoms with Gasteiger partial charge in [-0.3, -0.25) is 14.5 Å². The summed E-state index contributed by atoms with van der Waals surface area (Å²) in [6.07, 6.45) is 3.08. The lowest BCUT2D eigenvalue weighted by atomic mass is 9.85. The third-order valence-corrected chi connectivity index (χ3v) is 5.75. The number of carbonyl (C=O) groups excluding carboxylic acids is 2. The number of nitrogens with zero attached hydrogens (tertiary/aromatic N) is 2. The molecular weight excluding hydrogens is 338 g/mol. The van der Waals surface area contributed by atoms with Gasteiger partial charge in [0.2, 0.25) is 11.8 Å². The quantitative estimate of drug-likeness (QED) is 0.734. The highest BCUT2D eigenvalue weighted by Crippen LogP contribution is 2.25. The van der Waals surface area contributed by atoms with E-state index in [-0.39, 0.29) is 23.3 Å². The monoisotopic (exact) mass is 381 g/mol. The van der Waals surface area contributed by atoms with E-state index in [9.17, 15) is 9.59 Å². The first-order chi connectivity index (χ1) is 12.4. The van der Waals surface area contributed by atoms with Gasteiger partial charge in [-0.1, -0.05) is 54.9 Å². The van der Waals surface area contributed by atoms with E-state index in [2.05, 4.69) is 44.8 Å². The summed E-state index contributed by atoms with van der Waals surface area (Å²) in [4.78, 5) is 30.4. The molecule has 0 bridgehead atoms. The Morgan fingerprint density at radius 2 is 1.70 bits per heavy atom. The molecule has 1 saturated heterocycles. The molecule has 3 atom stereocenters. The molecule has 0 radical (unpaired) electrons. The second-order valence-corrected chi connectivity index (χ2v) is 10.2. The van der Waals surface area contributed by atoms with Gasteiger partial charge in [0.25, 0.3) is 0 Å². The molecule has 1 N–H and O–H groups in total. The topological polar surface area (TPSA) is 52.7 Å². The van der Waals surface area contributed by atoms with Crippen LogP contribution < -0.4 is 5.32 Å². The first-order valence-corrected chi connectivity index (χ1v) is 10.7. The molecule has 0 aromatic heterocycles. The van der Waals surface area contributed by atoms with E-state index in [0.717, 1.165) is 25.8 Å². The average molecular weight is 382 g/mol. The number of likely N-dealkylation sites (N-methyl/N-ethyl adjacent to an activating group) is 1. The molecule has 0 saturated carbocycles. The number of carbonyl (C=O) groups is 2. The Kier molecular flexibility index (Phi) is 8.78. The Hall–Kier alpha value is -1.10. The molecule has 3 unspecified atom stereocenters. The summed E-state index contributed by atoms with van der Waals surface area (Å²) in [7, 11) is 1.83. The molecule has 5 nitrogen and oxygen atoms in total. The van der Waals surface area contributed by atoms with Crippen LogP contribution >= 0.6 is 0 Å². The molecule has 1 fully saturated rings. The molecule has 5 heteroatoms. The van der Waals surface area contributed by atoms with Gasteiger partial charge in [0.1, 0.15) is 6.04 Å². The minimum atomic E-state index is -0.508. The van der Waals surface area contributed by atoms with Crippen LogP contribution in [-0.4, -0.2) is 59.9 Å². The summed E-state index contributed by atoms with van der Waals surface area (Å²) in [6, 6.07) is -0.287. The number of hydrogen-bond acceptors (Lipinski definition) is 3. The van der Waals surface area contributed by atoms with Crippen molar-refractivity contribution in [1.29, 1.82) is 0 Å². The van der Waals surface area contributed by atoms with Gasteiger partial charge in [-0.2, -0.15) is 0 Å². The van der Waals surface area contributed by atoms with Crippen molar-refractivity contribution < 1.29 is 9.59 Å². The van der Waals surface area contributed by atoms with Crippen LogP contribution in [0.2, 0.25) is 0 Å². The van der Waals surface area contributed by atoms with Crippen molar-refractivity contribution in [2.24, 2.45) is 17.3 Å². The SMILES string of the molecule is CC(C)CN(C)C(=O)C(NC(=O)C1CCCCN1C(C)C(C)C)C(C)(C)C. The van der Waals surface area contributed by atoms with Crippen LogP contribution in [0.15, 0.2) is 0 Å². The summed E-state index contributed by atoms with van der Waals surface area (Å²) in [6.45, 7) is 18.5. The second kappa shape index (κ2) is 9.90. The third-order valence-electron chi connectivity index (χ3n) is 5.75. The lowest BCUT2D eigenvalue weighted by Crippen LogP contribution is -2.60. The molecule has 158 valence electrons. The number of amides is 2. The van der Waals surface area contributed by atoms with Gasteiger partial charge < -0.3 is 10.2 Å². The van der Waals surface area contributed by atoms with Crippen LogP contribution in [0.25, 0.3) is 0 Å². The summed E-state index contributed by atoms with van der Waals surface area (Å²) < 4.78 is 0. The zero-order valence-corrected chi connectivity index (χ0v) is 19.1. The Bertz CT molecular complexity index is 496. The Morgan fingerprint density at radius 3 is 2.19 bits per heavy atom. The zero-order chi connectivity index (χ0) is 20.9. The van der Waals surface area contributed by atoms with E-state index in [4.69, 9.17) is 0 Å². The number of likely N-dealkylation sites (tertiary alicyclic amines) is 1. The highest BCUT2D eigenvalue weighted by Gasteiger charge is 2.39.